The predicted octanol–water partition coefficient (Wildman–Crippen LogP) is 4.27. The summed E-state index contributed by atoms with van der Waals surface area (Å²) in [6, 6.07) is 4.73. The second-order valence-electron chi connectivity index (χ2n) is 5.80. The quantitative estimate of drug-likeness (QED) is 0.782. The molecule has 1 aliphatic carbocycles. The van der Waals surface area contributed by atoms with Crippen molar-refractivity contribution in [3.8, 4) is 0 Å². The third kappa shape index (κ3) is 5.09. The average molecular weight is 272 g/mol. The van der Waals surface area contributed by atoms with Crippen LogP contribution in [0.5, 0.6) is 0 Å². The van der Waals surface area contributed by atoms with Crippen molar-refractivity contribution in [2.45, 2.75) is 64.3 Å². The summed E-state index contributed by atoms with van der Waals surface area (Å²) in [5.41, 5.74) is 2.96. The first-order chi connectivity index (χ1) is 9.90. The van der Waals surface area contributed by atoms with Gasteiger partial charge in [0.1, 0.15) is 0 Å². The normalized spacial score (nSPS) is 20.6. The number of nitrogens with zero attached hydrogens (tertiary/aromatic N) is 1. The second-order valence-corrected chi connectivity index (χ2v) is 5.80. The lowest BCUT2D eigenvalue weighted by Gasteiger charge is -2.23. The zero-order valence-electron chi connectivity index (χ0n) is 12.8. The van der Waals surface area contributed by atoms with Gasteiger partial charge in [0.25, 0.3) is 0 Å². The molecule has 1 heterocycles. The van der Waals surface area contributed by atoms with Crippen molar-refractivity contribution in [3.63, 3.8) is 0 Å². The largest absolute Gasteiger partial charge is 0.310 e. The summed E-state index contributed by atoms with van der Waals surface area (Å²) in [6.45, 7) is 3.34. The Labute approximate surface area is 123 Å². The van der Waals surface area contributed by atoms with Gasteiger partial charge in [-0.2, -0.15) is 0 Å². The van der Waals surface area contributed by atoms with Crippen molar-refractivity contribution >= 4 is 0 Å². The Morgan fingerprint density at radius 3 is 2.95 bits per heavy atom. The van der Waals surface area contributed by atoms with Gasteiger partial charge in [0.2, 0.25) is 0 Å². The van der Waals surface area contributed by atoms with Crippen LogP contribution in [0.3, 0.4) is 0 Å². The first-order valence-corrected chi connectivity index (χ1v) is 8.21. The smallest absolute Gasteiger partial charge is 0.0320 e. The van der Waals surface area contributed by atoms with Gasteiger partial charge in [0.15, 0.2) is 0 Å². The molecular formula is C18H28N2. The van der Waals surface area contributed by atoms with Crippen molar-refractivity contribution in [2.24, 2.45) is 0 Å². The molecule has 1 unspecified atom stereocenters. The van der Waals surface area contributed by atoms with Crippen LogP contribution in [-0.2, 0) is 6.42 Å². The molecule has 0 bridgehead atoms. The Kier molecular flexibility index (Phi) is 6.79. The van der Waals surface area contributed by atoms with Crippen LogP contribution < -0.4 is 5.32 Å². The monoisotopic (exact) mass is 272 g/mol. The lowest BCUT2D eigenvalue weighted by Crippen LogP contribution is -2.34. The van der Waals surface area contributed by atoms with Gasteiger partial charge < -0.3 is 5.32 Å². The maximum atomic E-state index is 4.25. The fourth-order valence-electron chi connectivity index (χ4n) is 2.94. The van der Waals surface area contributed by atoms with Gasteiger partial charge in [0.05, 0.1) is 0 Å². The fourth-order valence-corrected chi connectivity index (χ4v) is 2.94. The Morgan fingerprint density at radius 1 is 1.25 bits per heavy atom. The molecule has 1 aromatic rings. The van der Waals surface area contributed by atoms with E-state index in [9.17, 15) is 0 Å². The molecule has 2 nitrogen and oxygen atoms in total. The van der Waals surface area contributed by atoms with Crippen molar-refractivity contribution < 1.29 is 0 Å². The van der Waals surface area contributed by atoms with Gasteiger partial charge in [-0.15, -0.1) is 0 Å². The third-order valence-corrected chi connectivity index (χ3v) is 4.08. The van der Waals surface area contributed by atoms with Crippen LogP contribution in [0.2, 0.25) is 0 Å². The molecule has 0 saturated heterocycles. The Hall–Kier alpha value is -1.15. The van der Waals surface area contributed by atoms with E-state index in [4.69, 9.17) is 0 Å². The Balaban J connectivity index is 2.04. The molecule has 0 fully saturated rings. The van der Waals surface area contributed by atoms with Crippen molar-refractivity contribution in [2.75, 3.05) is 6.54 Å². The number of nitrogens with one attached hydrogen (secondary N) is 1. The van der Waals surface area contributed by atoms with Crippen LogP contribution in [0.4, 0.5) is 0 Å². The highest BCUT2D eigenvalue weighted by atomic mass is 14.9. The van der Waals surface area contributed by atoms with Gasteiger partial charge in [-0.25, -0.2) is 0 Å². The molecule has 110 valence electrons. The molecular weight excluding hydrogens is 244 g/mol. The molecule has 1 aliphatic rings. The molecule has 0 saturated carbocycles. The molecule has 0 aromatic carbocycles. The van der Waals surface area contributed by atoms with Crippen molar-refractivity contribution in [3.05, 3.63) is 41.7 Å². The number of rotatable bonds is 6. The lowest BCUT2D eigenvalue weighted by molar-refractivity contribution is 0.522. The predicted molar refractivity (Wildman–Crippen MR) is 85.8 cm³/mol. The van der Waals surface area contributed by atoms with Crippen molar-refractivity contribution in [1.29, 1.82) is 0 Å². The van der Waals surface area contributed by atoms with Crippen LogP contribution in [-0.4, -0.2) is 17.6 Å². The van der Waals surface area contributed by atoms with Crippen LogP contribution in [0.25, 0.3) is 0 Å². The first-order valence-electron chi connectivity index (χ1n) is 8.21. The average Bonchev–Trinajstić information content (AvgIpc) is 2.45. The zero-order chi connectivity index (χ0) is 14.0. The standard InChI is InChI=1S/C18H28N2/c1-2-12-20-18(14-16-9-8-13-19-15-16)17-10-6-4-3-5-7-11-17/h8-10,13,15,18,20H,2-7,11-12,14H2,1H3/b17-10+. The number of hydrogen-bond acceptors (Lipinski definition) is 2. The zero-order valence-corrected chi connectivity index (χ0v) is 12.8. The number of pyridine rings is 1. The summed E-state index contributed by atoms with van der Waals surface area (Å²) < 4.78 is 0. The molecule has 2 heteroatoms. The maximum Gasteiger partial charge on any atom is 0.0320 e. The van der Waals surface area contributed by atoms with E-state index < -0.39 is 0 Å². The topological polar surface area (TPSA) is 24.9 Å². The lowest BCUT2D eigenvalue weighted by atomic mass is 9.91. The van der Waals surface area contributed by atoms with Gasteiger partial charge in [-0.3, -0.25) is 4.98 Å². The number of hydrogen-bond donors (Lipinski definition) is 1. The van der Waals surface area contributed by atoms with E-state index in [0.29, 0.717) is 6.04 Å². The second kappa shape index (κ2) is 8.91. The summed E-state index contributed by atoms with van der Waals surface area (Å²) in [6.07, 6.45) is 16.6. The molecule has 0 aliphatic heterocycles. The summed E-state index contributed by atoms with van der Waals surface area (Å²) in [4.78, 5) is 4.25. The molecule has 2 rings (SSSR count). The van der Waals surface area contributed by atoms with Gasteiger partial charge >= 0.3 is 0 Å². The minimum absolute atomic E-state index is 0.497. The molecule has 20 heavy (non-hydrogen) atoms. The van der Waals surface area contributed by atoms with Crippen LogP contribution in [0, 0.1) is 0 Å². The summed E-state index contributed by atoms with van der Waals surface area (Å²) in [5, 5.41) is 3.74. The van der Waals surface area contributed by atoms with E-state index in [0.717, 1.165) is 13.0 Å². The van der Waals surface area contributed by atoms with Gasteiger partial charge in [-0.1, -0.05) is 37.5 Å². The highest BCUT2D eigenvalue weighted by Crippen LogP contribution is 2.21. The van der Waals surface area contributed by atoms with E-state index in [1.807, 2.05) is 18.5 Å². The van der Waals surface area contributed by atoms with E-state index in [2.05, 4.69) is 29.4 Å². The molecule has 0 spiro atoms. The minimum atomic E-state index is 0.497. The first kappa shape index (κ1) is 15.2. The minimum Gasteiger partial charge on any atom is -0.310 e. The highest BCUT2D eigenvalue weighted by molar-refractivity contribution is 5.19. The molecule has 0 amide bonds. The van der Waals surface area contributed by atoms with E-state index in [-0.39, 0.29) is 0 Å². The fraction of sp³-hybridized carbons (Fsp3) is 0.611. The van der Waals surface area contributed by atoms with Crippen molar-refractivity contribution in [1.82, 2.24) is 10.3 Å². The van der Waals surface area contributed by atoms with E-state index in [1.165, 1.54) is 50.5 Å². The summed E-state index contributed by atoms with van der Waals surface area (Å²) in [5.74, 6) is 0. The van der Waals surface area contributed by atoms with Crippen LogP contribution in [0.1, 0.15) is 57.4 Å². The van der Waals surface area contributed by atoms with E-state index in [1.54, 1.807) is 5.57 Å². The highest BCUT2D eigenvalue weighted by Gasteiger charge is 2.15. The molecule has 1 aromatic heterocycles. The molecule has 1 atom stereocenters. The van der Waals surface area contributed by atoms with Crippen LogP contribution >= 0.6 is 0 Å². The Bertz CT molecular complexity index is 397. The van der Waals surface area contributed by atoms with E-state index >= 15 is 0 Å². The number of allylic oxidation sites excluding steroid dienone is 1. The summed E-state index contributed by atoms with van der Waals surface area (Å²) >= 11 is 0. The SMILES string of the molecule is CCCNC(Cc1cccnc1)/C1=C/CCCCCC1. The molecule has 0 radical (unpaired) electrons. The van der Waals surface area contributed by atoms with Gasteiger partial charge in [0, 0.05) is 18.4 Å². The number of aromatic nitrogens is 1. The third-order valence-electron chi connectivity index (χ3n) is 4.08. The summed E-state index contributed by atoms with van der Waals surface area (Å²) in [7, 11) is 0. The molecule has 1 N–H and O–H groups in total. The van der Waals surface area contributed by atoms with Crippen LogP contribution in [0.15, 0.2) is 36.2 Å². The van der Waals surface area contributed by atoms with Gasteiger partial charge in [-0.05, 0) is 56.7 Å². The Morgan fingerprint density at radius 2 is 2.15 bits per heavy atom. The maximum absolute atomic E-state index is 4.25.